The first kappa shape index (κ1) is 19.4. The molecule has 0 bridgehead atoms. The fraction of sp³-hybridized carbons (Fsp3) is 0.292. The van der Waals surface area contributed by atoms with Crippen molar-refractivity contribution in [3.8, 4) is 11.3 Å². The second-order valence-corrected chi connectivity index (χ2v) is 9.17. The van der Waals surface area contributed by atoms with Crippen molar-refractivity contribution in [2.45, 2.75) is 18.5 Å². The van der Waals surface area contributed by atoms with Gasteiger partial charge in [-0.15, -0.1) is 0 Å². The third-order valence-electron chi connectivity index (χ3n) is 7.01. The van der Waals surface area contributed by atoms with Gasteiger partial charge in [-0.1, -0.05) is 41.0 Å². The van der Waals surface area contributed by atoms with Crippen LogP contribution in [0.5, 0.6) is 0 Å². The van der Waals surface area contributed by atoms with Crippen molar-refractivity contribution in [2.75, 3.05) is 18.4 Å². The Morgan fingerprint density at radius 1 is 1.09 bits per heavy atom. The van der Waals surface area contributed by atoms with Crippen molar-refractivity contribution in [1.82, 2.24) is 15.4 Å². The molecule has 1 aromatic heterocycles. The third-order valence-corrected chi connectivity index (χ3v) is 7.33. The van der Waals surface area contributed by atoms with Crippen LogP contribution in [-0.4, -0.2) is 40.6 Å². The van der Waals surface area contributed by atoms with Crippen molar-refractivity contribution in [1.29, 1.82) is 0 Å². The highest BCUT2D eigenvalue weighted by molar-refractivity contribution is 6.33. The molecule has 3 atom stereocenters. The van der Waals surface area contributed by atoms with Crippen molar-refractivity contribution < 1.29 is 14.1 Å². The van der Waals surface area contributed by atoms with Crippen molar-refractivity contribution >= 4 is 29.1 Å². The topological polar surface area (TPSA) is 87.5 Å². The maximum Gasteiger partial charge on any atom is 0.276 e. The molecule has 1 saturated heterocycles. The summed E-state index contributed by atoms with van der Waals surface area (Å²) in [5, 5.41) is 11.3. The Morgan fingerprint density at radius 3 is 2.72 bits per heavy atom. The van der Waals surface area contributed by atoms with E-state index >= 15 is 0 Å². The molecule has 1 spiro atoms. The summed E-state index contributed by atoms with van der Waals surface area (Å²) in [5.41, 5.74) is 1.94. The monoisotopic (exact) mass is 448 g/mol. The number of fused-ring (bicyclic) bond motifs is 3. The Hall–Kier alpha value is -3.32. The van der Waals surface area contributed by atoms with E-state index in [9.17, 15) is 9.59 Å². The van der Waals surface area contributed by atoms with Gasteiger partial charge in [-0.2, -0.15) is 0 Å². The molecular weight excluding hydrogens is 428 g/mol. The lowest BCUT2D eigenvalue weighted by Crippen LogP contribution is -2.61. The first-order valence-electron chi connectivity index (χ1n) is 10.7. The Morgan fingerprint density at radius 2 is 1.88 bits per heavy atom. The van der Waals surface area contributed by atoms with Crippen LogP contribution >= 0.6 is 11.6 Å². The van der Waals surface area contributed by atoms with Crippen molar-refractivity contribution in [2.24, 2.45) is 11.8 Å². The Bertz CT molecular complexity index is 1240. The van der Waals surface area contributed by atoms with Gasteiger partial charge in [-0.05, 0) is 43.0 Å². The number of carbonyl (C=O) groups is 2. The minimum atomic E-state index is -0.530. The lowest BCUT2D eigenvalue weighted by molar-refractivity contribution is 0.0758. The van der Waals surface area contributed by atoms with Crippen molar-refractivity contribution in [3.63, 3.8) is 0 Å². The van der Waals surface area contributed by atoms with Gasteiger partial charge in [0.05, 0.1) is 10.6 Å². The molecule has 6 rings (SSSR count). The lowest BCUT2D eigenvalue weighted by atomic mass is 9.89. The second-order valence-electron chi connectivity index (χ2n) is 8.77. The first-order chi connectivity index (χ1) is 15.5. The number of aromatic nitrogens is 1. The number of hydrogen-bond donors (Lipinski definition) is 2. The number of rotatable bonds is 2. The number of halogens is 1. The number of likely N-dealkylation sites (tertiary alicyclic amines) is 1. The van der Waals surface area contributed by atoms with Gasteiger partial charge in [0.1, 0.15) is 5.66 Å². The molecule has 8 heteroatoms. The van der Waals surface area contributed by atoms with Gasteiger partial charge in [-0.25, -0.2) is 0 Å². The predicted molar refractivity (Wildman–Crippen MR) is 119 cm³/mol. The number of nitrogens with one attached hydrogen (secondary N) is 2. The smallest absolute Gasteiger partial charge is 0.276 e. The molecule has 3 aliphatic rings. The minimum absolute atomic E-state index is 0.0642. The summed E-state index contributed by atoms with van der Waals surface area (Å²) in [6, 6.07) is 16.5. The number of nitrogens with zero attached hydrogens (tertiary/aromatic N) is 2. The van der Waals surface area contributed by atoms with E-state index in [-0.39, 0.29) is 23.4 Å². The van der Waals surface area contributed by atoms with E-state index in [0.717, 1.165) is 18.5 Å². The van der Waals surface area contributed by atoms with E-state index in [1.807, 2.05) is 47.4 Å². The second kappa shape index (κ2) is 7.10. The SMILES string of the molecule is O=C1N[C@]2(CC[C@@H]3CN(C(=O)c4cc(-c5ccccc5Cl)on4)C[C@@H]32)Nc2ccccc21. The summed E-state index contributed by atoms with van der Waals surface area (Å²) in [6.45, 7) is 1.19. The van der Waals surface area contributed by atoms with E-state index in [1.54, 1.807) is 12.1 Å². The average molecular weight is 449 g/mol. The standard InChI is InChI=1S/C24H21ClN4O3/c25-18-7-3-1-5-15(18)21-11-20(28-32-21)23(31)29-12-14-9-10-24(17(14)13-29)26-19-8-4-2-6-16(19)22(30)27-24/h1-8,11,14,17,26H,9-10,12-13H2,(H,27,30)/t14-,17+,24+/m1/s1. The number of anilines is 1. The van der Waals surface area contributed by atoms with E-state index in [0.29, 0.717) is 40.9 Å². The van der Waals surface area contributed by atoms with Crippen LogP contribution in [0.2, 0.25) is 5.02 Å². The molecule has 7 nitrogen and oxygen atoms in total. The van der Waals surface area contributed by atoms with Crippen LogP contribution in [0.3, 0.4) is 0 Å². The summed E-state index contributed by atoms with van der Waals surface area (Å²) >= 11 is 6.25. The summed E-state index contributed by atoms with van der Waals surface area (Å²) in [5.74, 6) is 0.670. The van der Waals surface area contributed by atoms with E-state index in [2.05, 4.69) is 15.8 Å². The van der Waals surface area contributed by atoms with Gasteiger partial charge in [0, 0.05) is 36.3 Å². The van der Waals surface area contributed by atoms with Crippen LogP contribution in [0.25, 0.3) is 11.3 Å². The molecule has 2 aromatic carbocycles. The normalized spacial score (nSPS) is 25.9. The highest BCUT2D eigenvalue weighted by Gasteiger charge is 2.55. The summed E-state index contributed by atoms with van der Waals surface area (Å²) < 4.78 is 5.42. The lowest BCUT2D eigenvalue weighted by Gasteiger charge is -2.41. The van der Waals surface area contributed by atoms with E-state index < -0.39 is 5.66 Å². The predicted octanol–water partition coefficient (Wildman–Crippen LogP) is 4.03. The maximum absolute atomic E-state index is 13.2. The van der Waals surface area contributed by atoms with Crippen molar-refractivity contribution in [3.05, 3.63) is 70.9 Å². The van der Waals surface area contributed by atoms with E-state index in [1.165, 1.54) is 0 Å². The number of amides is 2. The van der Waals surface area contributed by atoms with Crippen LogP contribution in [-0.2, 0) is 0 Å². The maximum atomic E-state index is 13.2. The summed E-state index contributed by atoms with van der Waals surface area (Å²) in [6.07, 6.45) is 1.78. The Balaban J connectivity index is 1.23. The number of hydrogen-bond acceptors (Lipinski definition) is 5. The Labute approximate surface area is 189 Å². The highest BCUT2D eigenvalue weighted by Crippen LogP contribution is 2.47. The van der Waals surface area contributed by atoms with Gasteiger partial charge in [0.25, 0.3) is 11.8 Å². The zero-order chi connectivity index (χ0) is 21.9. The largest absolute Gasteiger partial charge is 0.362 e. The summed E-state index contributed by atoms with van der Waals surface area (Å²) in [7, 11) is 0. The molecule has 3 aromatic rings. The highest BCUT2D eigenvalue weighted by atomic mass is 35.5. The zero-order valence-electron chi connectivity index (χ0n) is 17.2. The molecule has 1 saturated carbocycles. The number of benzene rings is 2. The molecule has 162 valence electrons. The molecular formula is C24H21ClN4O3. The molecule has 0 unspecified atom stereocenters. The first-order valence-corrected chi connectivity index (χ1v) is 11.1. The van der Waals surface area contributed by atoms with Gasteiger partial charge < -0.3 is 20.1 Å². The number of para-hydroxylation sites is 1. The summed E-state index contributed by atoms with van der Waals surface area (Å²) in [4.78, 5) is 27.8. The fourth-order valence-electron chi connectivity index (χ4n) is 5.45. The fourth-order valence-corrected chi connectivity index (χ4v) is 5.68. The molecule has 1 aliphatic carbocycles. The van der Waals surface area contributed by atoms with Gasteiger partial charge in [0.2, 0.25) is 0 Å². The molecule has 2 amide bonds. The van der Waals surface area contributed by atoms with Gasteiger partial charge in [-0.3, -0.25) is 9.59 Å². The minimum Gasteiger partial charge on any atom is -0.362 e. The molecule has 0 radical (unpaired) electrons. The van der Waals surface area contributed by atoms with Crippen LogP contribution in [0, 0.1) is 11.8 Å². The molecule has 2 fully saturated rings. The van der Waals surface area contributed by atoms with Gasteiger partial charge >= 0.3 is 0 Å². The average Bonchev–Trinajstić information content (AvgIpc) is 3.51. The van der Waals surface area contributed by atoms with Crippen LogP contribution in [0.1, 0.15) is 33.7 Å². The van der Waals surface area contributed by atoms with E-state index in [4.69, 9.17) is 16.1 Å². The molecule has 2 aliphatic heterocycles. The zero-order valence-corrected chi connectivity index (χ0v) is 17.9. The van der Waals surface area contributed by atoms with Crippen LogP contribution in [0.4, 0.5) is 5.69 Å². The molecule has 3 heterocycles. The molecule has 2 N–H and O–H groups in total. The van der Waals surface area contributed by atoms with Crippen LogP contribution < -0.4 is 10.6 Å². The number of carbonyl (C=O) groups excluding carboxylic acids is 2. The Kier molecular flexibility index (Phi) is 4.30. The van der Waals surface area contributed by atoms with Gasteiger partial charge in [0.15, 0.2) is 11.5 Å². The van der Waals surface area contributed by atoms with Crippen LogP contribution in [0.15, 0.2) is 59.1 Å². The quantitative estimate of drug-likeness (QED) is 0.618. The third kappa shape index (κ3) is 2.92. The molecule has 32 heavy (non-hydrogen) atoms.